The van der Waals surface area contributed by atoms with Crippen LogP contribution in [0.1, 0.15) is 27.9 Å². The van der Waals surface area contributed by atoms with Crippen molar-refractivity contribution < 1.29 is 0 Å². The molecule has 2 aromatic heterocycles. The molecule has 0 radical (unpaired) electrons. The molecule has 32 heavy (non-hydrogen) atoms. The van der Waals surface area contributed by atoms with Crippen LogP contribution < -0.4 is 0 Å². The van der Waals surface area contributed by atoms with E-state index in [2.05, 4.69) is 86.5 Å². The number of imidazole rings is 1. The van der Waals surface area contributed by atoms with Gasteiger partial charge in [-0.1, -0.05) is 55.1 Å². The highest BCUT2D eigenvalue weighted by atomic mass is 15.2. The van der Waals surface area contributed by atoms with Gasteiger partial charge in [0.25, 0.3) is 0 Å². The average molecular weight is 418 g/mol. The molecule has 5 aromatic rings. The molecule has 0 fully saturated rings. The lowest BCUT2D eigenvalue weighted by Gasteiger charge is -2.13. The Morgan fingerprint density at radius 1 is 0.844 bits per heavy atom. The van der Waals surface area contributed by atoms with E-state index >= 15 is 0 Å². The summed E-state index contributed by atoms with van der Waals surface area (Å²) < 4.78 is 4.33. The lowest BCUT2D eigenvalue weighted by atomic mass is 9.93. The quantitative estimate of drug-likeness (QED) is 0.299. The molecule has 158 valence electrons. The van der Waals surface area contributed by atoms with Crippen molar-refractivity contribution in [2.45, 2.75) is 20.8 Å². The van der Waals surface area contributed by atoms with Crippen LogP contribution in [0.5, 0.6) is 0 Å². The van der Waals surface area contributed by atoms with Gasteiger partial charge in [-0.05, 0) is 73.4 Å². The Kier molecular flexibility index (Phi) is 4.63. The maximum absolute atomic E-state index is 4.95. The molecule has 0 amide bonds. The highest BCUT2D eigenvalue weighted by Gasteiger charge is 2.20. The summed E-state index contributed by atoms with van der Waals surface area (Å²) in [5.41, 5.74) is 11.6. The summed E-state index contributed by atoms with van der Waals surface area (Å²) in [4.78, 5) is 4.95. The van der Waals surface area contributed by atoms with Crippen molar-refractivity contribution in [2.24, 2.45) is 7.05 Å². The fourth-order valence-electron chi connectivity index (χ4n) is 5.09. The molecule has 0 atom stereocenters. The molecule has 5 rings (SSSR count). The molecule has 3 nitrogen and oxygen atoms in total. The molecule has 0 saturated heterocycles. The van der Waals surface area contributed by atoms with Gasteiger partial charge in [-0.2, -0.15) is 0 Å². The van der Waals surface area contributed by atoms with Gasteiger partial charge in [0.05, 0.1) is 22.2 Å². The molecule has 0 aliphatic rings. The van der Waals surface area contributed by atoms with E-state index < -0.39 is 0 Å². The van der Waals surface area contributed by atoms with E-state index in [1.807, 2.05) is 30.4 Å². The van der Waals surface area contributed by atoms with E-state index in [0.29, 0.717) is 0 Å². The summed E-state index contributed by atoms with van der Waals surface area (Å²) in [5.74, 6) is 0.870. The second kappa shape index (κ2) is 7.38. The third-order valence-electron chi connectivity index (χ3n) is 6.37. The minimum atomic E-state index is 0.870. The van der Waals surface area contributed by atoms with Gasteiger partial charge in [0.1, 0.15) is 0 Å². The number of fused-ring (bicyclic) bond motifs is 2. The molecule has 0 N–H and O–H groups in total. The summed E-state index contributed by atoms with van der Waals surface area (Å²) in [6.07, 6.45) is 3.83. The third kappa shape index (κ3) is 2.85. The van der Waals surface area contributed by atoms with Crippen LogP contribution in [0.4, 0.5) is 0 Å². The van der Waals surface area contributed by atoms with Gasteiger partial charge in [-0.3, -0.25) is 4.57 Å². The zero-order valence-electron chi connectivity index (χ0n) is 19.1. The van der Waals surface area contributed by atoms with Gasteiger partial charge >= 0.3 is 0 Å². The Hall–Kier alpha value is -3.85. The van der Waals surface area contributed by atoms with E-state index in [1.165, 1.54) is 27.8 Å². The van der Waals surface area contributed by atoms with E-state index in [1.54, 1.807) is 0 Å². The lowest BCUT2D eigenvalue weighted by Crippen LogP contribution is -2.05. The molecule has 2 heterocycles. The van der Waals surface area contributed by atoms with E-state index in [0.717, 1.165) is 39.1 Å². The fourth-order valence-corrected chi connectivity index (χ4v) is 5.09. The third-order valence-corrected chi connectivity index (χ3v) is 6.37. The zero-order valence-corrected chi connectivity index (χ0v) is 19.1. The van der Waals surface area contributed by atoms with Gasteiger partial charge in [-0.25, -0.2) is 4.98 Å². The van der Waals surface area contributed by atoms with Crippen LogP contribution in [0.15, 0.2) is 67.8 Å². The highest BCUT2D eigenvalue weighted by Crippen LogP contribution is 2.36. The summed E-state index contributed by atoms with van der Waals surface area (Å²) in [5, 5.41) is 1.15. The Labute approximate surface area is 189 Å². The first-order chi connectivity index (χ1) is 15.4. The molecule has 0 aliphatic heterocycles. The van der Waals surface area contributed by atoms with Crippen LogP contribution in [0, 0.1) is 20.8 Å². The first-order valence-corrected chi connectivity index (χ1v) is 10.9. The highest BCUT2D eigenvalue weighted by molar-refractivity contribution is 5.98. The lowest BCUT2D eigenvalue weighted by molar-refractivity contribution is 0.851. The number of hydrogen-bond donors (Lipinski definition) is 0. The van der Waals surface area contributed by atoms with Gasteiger partial charge in [0, 0.05) is 18.0 Å². The molecule has 3 aromatic carbocycles. The van der Waals surface area contributed by atoms with Crippen LogP contribution in [0.25, 0.3) is 51.2 Å². The Bertz CT molecular complexity index is 1520. The number of benzene rings is 3. The molecular formula is C29H27N3. The first kappa shape index (κ1) is 20.1. The number of hydrogen-bond acceptors (Lipinski definition) is 1. The van der Waals surface area contributed by atoms with Crippen LogP contribution in [-0.2, 0) is 7.05 Å². The largest absolute Gasteiger partial charge is 0.313 e. The van der Waals surface area contributed by atoms with Gasteiger partial charge in [-0.15, -0.1) is 0 Å². The standard InChI is InChI=1S/C29H27N3/c1-7-22-23-17-21(28-19(4)15-18(3)16-20(28)5)13-14-26(23)32(25(22)8-2)29-30-24-11-9-10-12-27(24)31(29)6/h7-17H,1-2H2,3-6H3. The molecule has 0 spiro atoms. The summed E-state index contributed by atoms with van der Waals surface area (Å²) >= 11 is 0. The van der Waals surface area contributed by atoms with Crippen molar-refractivity contribution in [3.05, 3.63) is 95.7 Å². The van der Waals surface area contributed by atoms with Crippen LogP contribution >= 0.6 is 0 Å². The zero-order chi connectivity index (χ0) is 22.6. The van der Waals surface area contributed by atoms with Crippen molar-refractivity contribution in [1.82, 2.24) is 14.1 Å². The minimum absolute atomic E-state index is 0.870. The first-order valence-electron chi connectivity index (χ1n) is 10.9. The van der Waals surface area contributed by atoms with Crippen molar-refractivity contribution in [3.63, 3.8) is 0 Å². The number of para-hydroxylation sites is 2. The minimum Gasteiger partial charge on any atom is -0.313 e. The number of rotatable bonds is 4. The second-order valence-corrected chi connectivity index (χ2v) is 8.51. The predicted octanol–water partition coefficient (Wildman–Crippen LogP) is 7.40. The summed E-state index contributed by atoms with van der Waals surface area (Å²) in [7, 11) is 2.06. The Morgan fingerprint density at radius 3 is 2.22 bits per heavy atom. The number of aromatic nitrogens is 3. The predicted molar refractivity (Wildman–Crippen MR) is 137 cm³/mol. The number of aryl methyl sites for hydroxylation is 4. The SMILES string of the molecule is C=Cc1c(C=C)n(-c2nc3ccccc3n2C)c2ccc(-c3c(C)cc(C)cc3C)cc12. The molecule has 0 saturated carbocycles. The maximum Gasteiger partial charge on any atom is 0.215 e. The van der Waals surface area contributed by atoms with Crippen LogP contribution in [-0.4, -0.2) is 14.1 Å². The molecular weight excluding hydrogens is 390 g/mol. The van der Waals surface area contributed by atoms with E-state index in [4.69, 9.17) is 4.98 Å². The fraction of sp³-hybridized carbons (Fsp3) is 0.138. The van der Waals surface area contributed by atoms with Gasteiger partial charge in [0.2, 0.25) is 5.95 Å². The van der Waals surface area contributed by atoms with E-state index in [9.17, 15) is 0 Å². The van der Waals surface area contributed by atoms with Crippen molar-refractivity contribution in [3.8, 4) is 17.1 Å². The van der Waals surface area contributed by atoms with Crippen LogP contribution in [0.2, 0.25) is 0 Å². The smallest absolute Gasteiger partial charge is 0.215 e. The normalized spacial score (nSPS) is 11.4. The molecule has 0 aliphatic carbocycles. The molecule has 0 bridgehead atoms. The summed E-state index contributed by atoms with van der Waals surface area (Å²) in [6, 6.07) is 19.4. The Morgan fingerprint density at radius 2 is 1.56 bits per heavy atom. The van der Waals surface area contributed by atoms with Crippen molar-refractivity contribution in [2.75, 3.05) is 0 Å². The van der Waals surface area contributed by atoms with Crippen molar-refractivity contribution in [1.29, 1.82) is 0 Å². The van der Waals surface area contributed by atoms with Gasteiger partial charge < -0.3 is 4.57 Å². The second-order valence-electron chi connectivity index (χ2n) is 8.51. The summed E-state index contributed by atoms with van der Waals surface area (Å²) in [6.45, 7) is 14.8. The monoisotopic (exact) mass is 417 g/mol. The van der Waals surface area contributed by atoms with Gasteiger partial charge in [0.15, 0.2) is 0 Å². The maximum atomic E-state index is 4.95. The Balaban J connectivity index is 1.84. The van der Waals surface area contributed by atoms with Crippen LogP contribution in [0.3, 0.4) is 0 Å². The van der Waals surface area contributed by atoms with E-state index in [-0.39, 0.29) is 0 Å². The molecule has 0 unspecified atom stereocenters. The number of nitrogens with zero attached hydrogens (tertiary/aromatic N) is 3. The molecule has 3 heteroatoms. The average Bonchev–Trinajstić information content (AvgIpc) is 3.26. The topological polar surface area (TPSA) is 22.8 Å². The van der Waals surface area contributed by atoms with Crippen molar-refractivity contribution >= 4 is 34.1 Å².